The lowest BCUT2D eigenvalue weighted by Gasteiger charge is -2.27. The van der Waals surface area contributed by atoms with Gasteiger partial charge in [-0.15, -0.1) is 0 Å². The van der Waals surface area contributed by atoms with Crippen molar-refractivity contribution in [3.63, 3.8) is 0 Å². The van der Waals surface area contributed by atoms with Gasteiger partial charge in [0, 0.05) is 19.6 Å². The van der Waals surface area contributed by atoms with Crippen molar-refractivity contribution in [2.45, 2.75) is 18.4 Å². The van der Waals surface area contributed by atoms with Gasteiger partial charge in [0.25, 0.3) is 5.91 Å². The summed E-state index contributed by atoms with van der Waals surface area (Å²) in [6, 6.07) is 2.64. The third-order valence-electron chi connectivity index (χ3n) is 4.67. The molecule has 2 aliphatic rings. The van der Waals surface area contributed by atoms with E-state index in [-0.39, 0.29) is 24.1 Å². The molecule has 1 unspecified atom stereocenters. The number of benzene rings is 1. The summed E-state index contributed by atoms with van der Waals surface area (Å²) in [7, 11) is -2.05. The number of nitrogens with zero attached hydrogens (tertiary/aromatic N) is 2. The van der Waals surface area contributed by atoms with Crippen LogP contribution in [0.5, 0.6) is 5.75 Å². The fourth-order valence-electron chi connectivity index (χ4n) is 3.34. The van der Waals surface area contributed by atoms with Gasteiger partial charge in [-0.2, -0.15) is 0 Å². The molecule has 0 radical (unpaired) electrons. The number of phenols is 1. The van der Waals surface area contributed by atoms with E-state index in [0.717, 1.165) is 4.90 Å². The number of carbonyl (C=O) groups excluding carboxylic acids is 2. The van der Waals surface area contributed by atoms with Crippen molar-refractivity contribution in [3.8, 4) is 5.75 Å². The van der Waals surface area contributed by atoms with Crippen molar-refractivity contribution in [1.29, 1.82) is 0 Å². The number of piperazine rings is 1. The molecular weight excluding hydrogens is 345 g/mol. The van der Waals surface area contributed by atoms with E-state index in [4.69, 9.17) is 5.11 Å². The summed E-state index contributed by atoms with van der Waals surface area (Å²) in [5.74, 6) is -3.80. The van der Waals surface area contributed by atoms with Crippen molar-refractivity contribution >= 4 is 25.0 Å². The summed E-state index contributed by atoms with van der Waals surface area (Å²) in [5, 5.41) is 41.7. The zero-order chi connectivity index (χ0) is 19.0. The number of imide groups is 1. The maximum atomic E-state index is 12.6. The number of hydrogen-bond acceptors (Lipinski definition) is 7. The maximum Gasteiger partial charge on any atom is 0.476 e. The molecule has 138 valence electrons. The van der Waals surface area contributed by atoms with E-state index in [1.807, 2.05) is 0 Å². The van der Waals surface area contributed by atoms with Crippen molar-refractivity contribution in [2.24, 2.45) is 0 Å². The van der Waals surface area contributed by atoms with Gasteiger partial charge in [0.2, 0.25) is 0 Å². The molecule has 2 atom stereocenters. The van der Waals surface area contributed by atoms with Gasteiger partial charge < -0.3 is 30.5 Å². The first-order valence-electron chi connectivity index (χ1n) is 8.07. The van der Waals surface area contributed by atoms with E-state index in [9.17, 15) is 29.5 Å². The van der Waals surface area contributed by atoms with Crippen molar-refractivity contribution in [3.05, 3.63) is 29.3 Å². The number of carboxylic acids is 1. The number of rotatable bonds is 5. The van der Waals surface area contributed by atoms with Crippen LogP contribution < -0.4 is 5.32 Å². The number of aromatic carboxylic acids is 1. The van der Waals surface area contributed by atoms with Gasteiger partial charge in [0.1, 0.15) is 17.4 Å². The maximum absolute atomic E-state index is 12.6. The molecule has 2 heterocycles. The number of urea groups is 1. The molecule has 3 rings (SSSR count). The second kappa shape index (κ2) is 6.94. The SMILES string of the molecule is O=C(O)c1cccc(C[C@@H](B(O)O)N2C(=O)C3CNCCN3C2=O)c1O. The number of para-hydroxylation sites is 1. The number of carbonyl (C=O) groups is 3. The second-order valence-electron chi connectivity index (χ2n) is 6.21. The second-order valence-corrected chi connectivity index (χ2v) is 6.21. The Kier molecular flexibility index (Phi) is 4.85. The Bertz CT molecular complexity index is 733. The van der Waals surface area contributed by atoms with Gasteiger partial charge in [-0.1, -0.05) is 12.1 Å². The van der Waals surface area contributed by atoms with E-state index in [2.05, 4.69) is 5.32 Å². The molecular formula is C15H18BN3O7. The molecule has 3 amide bonds. The number of carboxylic acid groups (broad SMARTS) is 1. The largest absolute Gasteiger partial charge is 0.507 e. The molecule has 0 bridgehead atoms. The topological polar surface area (TPSA) is 151 Å². The lowest BCUT2D eigenvalue weighted by Crippen LogP contribution is -2.51. The van der Waals surface area contributed by atoms with Gasteiger partial charge in [0.05, 0.1) is 5.94 Å². The fourth-order valence-corrected chi connectivity index (χ4v) is 3.34. The first-order valence-corrected chi connectivity index (χ1v) is 8.07. The zero-order valence-electron chi connectivity index (χ0n) is 13.7. The molecule has 0 saturated carbocycles. The molecule has 2 saturated heterocycles. The lowest BCUT2D eigenvalue weighted by molar-refractivity contribution is -0.129. The molecule has 2 aliphatic heterocycles. The van der Waals surface area contributed by atoms with Crippen molar-refractivity contribution < 1.29 is 34.6 Å². The highest BCUT2D eigenvalue weighted by molar-refractivity contribution is 6.44. The normalized spacial score (nSPS) is 20.9. The minimum Gasteiger partial charge on any atom is -0.507 e. The lowest BCUT2D eigenvalue weighted by atomic mass is 9.74. The van der Waals surface area contributed by atoms with Crippen LogP contribution in [0, 0.1) is 0 Å². The van der Waals surface area contributed by atoms with Crippen LogP contribution in [0.3, 0.4) is 0 Å². The first kappa shape index (κ1) is 18.2. The third kappa shape index (κ3) is 3.00. The van der Waals surface area contributed by atoms with E-state index in [1.165, 1.54) is 23.1 Å². The third-order valence-corrected chi connectivity index (χ3v) is 4.67. The van der Waals surface area contributed by atoms with Gasteiger partial charge in [-0.05, 0) is 18.1 Å². The van der Waals surface area contributed by atoms with Crippen LogP contribution in [-0.2, 0) is 11.2 Å². The van der Waals surface area contributed by atoms with Crippen LogP contribution >= 0.6 is 0 Å². The van der Waals surface area contributed by atoms with Crippen LogP contribution in [-0.4, -0.2) is 86.7 Å². The average Bonchev–Trinajstić information content (AvgIpc) is 2.85. The molecule has 26 heavy (non-hydrogen) atoms. The van der Waals surface area contributed by atoms with Gasteiger partial charge in [-0.3, -0.25) is 9.69 Å². The Hall–Kier alpha value is -2.63. The Balaban J connectivity index is 1.91. The van der Waals surface area contributed by atoms with Gasteiger partial charge in [0.15, 0.2) is 0 Å². The van der Waals surface area contributed by atoms with Gasteiger partial charge >= 0.3 is 19.1 Å². The average molecular weight is 363 g/mol. The molecule has 2 fully saturated rings. The van der Waals surface area contributed by atoms with Crippen LogP contribution in [0.4, 0.5) is 4.79 Å². The summed E-state index contributed by atoms with van der Waals surface area (Å²) < 4.78 is 0. The fraction of sp³-hybridized carbons (Fsp3) is 0.400. The monoisotopic (exact) mass is 363 g/mol. The van der Waals surface area contributed by atoms with E-state index in [0.29, 0.717) is 13.1 Å². The molecule has 1 aromatic carbocycles. The number of amides is 3. The minimum absolute atomic E-state index is 0.0894. The Morgan fingerprint density at radius 2 is 2.08 bits per heavy atom. The molecule has 0 spiro atoms. The molecule has 10 nitrogen and oxygen atoms in total. The number of nitrogens with one attached hydrogen (secondary N) is 1. The van der Waals surface area contributed by atoms with E-state index >= 15 is 0 Å². The highest BCUT2D eigenvalue weighted by Crippen LogP contribution is 2.28. The first-order chi connectivity index (χ1) is 12.3. The molecule has 5 N–H and O–H groups in total. The molecule has 0 aromatic heterocycles. The van der Waals surface area contributed by atoms with E-state index in [1.54, 1.807) is 0 Å². The molecule has 0 aliphatic carbocycles. The molecule has 11 heteroatoms. The Morgan fingerprint density at radius 3 is 2.69 bits per heavy atom. The summed E-state index contributed by atoms with van der Waals surface area (Å²) in [6.07, 6.45) is -0.296. The quantitative estimate of drug-likeness (QED) is 0.305. The Labute approximate surface area is 148 Å². The summed E-state index contributed by atoms with van der Waals surface area (Å²) >= 11 is 0. The standard InChI is InChI=1S/C15H18BN3O7/c20-12-8(2-1-3-9(12)14(22)23)6-11(16(25)26)19-13(21)10-7-17-4-5-18(10)15(19)24/h1-3,10-11,17,20,25-26H,4-7H2,(H,22,23)/t10?,11-/m0/s1. The zero-order valence-corrected chi connectivity index (χ0v) is 13.7. The predicted octanol–water partition coefficient (Wildman–Crippen LogP) is -1.75. The number of fused-ring (bicyclic) bond motifs is 1. The van der Waals surface area contributed by atoms with Crippen LogP contribution in [0.15, 0.2) is 18.2 Å². The Morgan fingerprint density at radius 1 is 1.35 bits per heavy atom. The van der Waals surface area contributed by atoms with E-state index < -0.39 is 42.8 Å². The highest BCUT2D eigenvalue weighted by atomic mass is 16.4. The highest BCUT2D eigenvalue weighted by Gasteiger charge is 2.51. The summed E-state index contributed by atoms with van der Waals surface area (Å²) in [5.41, 5.74) is -0.263. The minimum atomic E-state index is -2.05. The van der Waals surface area contributed by atoms with Crippen LogP contribution in [0.25, 0.3) is 0 Å². The number of hydrogen-bond donors (Lipinski definition) is 5. The molecule has 1 aromatic rings. The smallest absolute Gasteiger partial charge is 0.476 e. The van der Waals surface area contributed by atoms with Crippen LogP contribution in [0.1, 0.15) is 15.9 Å². The number of aromatic hydroxyl groups is 1. The van der Waals surface area contributed by atoms with Gasteiger partial charge in [-0.25, -0.2) is 9.59 Å². The van der Waals surface area contributed by atoms with Crippen molar-refractivity contribution in [1.82, 2.24) is 15.1 Å². The summed E-state index contributed by atoms with van der Waals surface area (Å²) in [4.78, 5) is 38.4. The van der Waals surface area contributed by atoms with Crippen molar-refractivity contribution in [2.75, 3.05) is 19.6 Å². The summed E-state index contributed by atoms with van der Waals surface area (Å²) in [6.45, 7) is 1.12. The van der Waals surface area contributed by atoms with Crippen LogP contribution in [0.2, 0.25) is 0 Å². The predicted molar refractivity (Wildman–Crippen MR) is 88.4 cm³/mol.